The van der Waals surface area contributed by atoms with Crippen LogP contribution in [0.4, 0.5) is 0 Å². The average Bonchev–Trinajstić information content (AvgIpc) is 3.00. The Morgan fingerprint density at radius 3 is 2.67 bits per heavy atom. The Morgan fingerprint density at radius 2 is 1.86 bits per heavy atom. The van der Waals surface area contributed by atoms with Crippen LogP contribution in [0.25, 0.3) is 22.3 Å². The fraction of sp³-hybridized carbons (Fsp3) is 0.118. The van der Waals surface area contributed by atoms with E-state index in [1.165, 1.54) is 0 Å². The van der Waals surface area contributed by atoms with Crippen LogP contribution < -0.4 is 10.2 Å². The first-order chi connectivity index (χ1) is 10.3. The highest BCUT2D eigenvalue weighted by atomic mass is 16.5. The van der Waals surface area contributed by atoms with Crippen LogP contribution in [0.5, 0.6) is 11.5 Å². The van der Waals surface area contributed by atoms with Crippen LogP contribution in [0.15, 0.2) is 51.7 Å². The topological polar surface area (TPSA) is 59.7 Å². The van der Waals surface area contributed by atoms with E-state index >= 15 is 0 Å². The number of hydrogen-bond acceptors (Lipinski definition) is 4. The van der Waals surface area contributed by atoms with Crippen LogP contribution in [0, 0.1) is 0 Å². The molecular weight excluding hydrogens is 268 g/mol. The minimum atomic E-state index is -0.412. The molecule has 1 aliphatic heterocycles. The number of aromatic hydroxyl groups is 1. The molecule has 0 bridgehead atoms. The highest BCUT2D eigenvalue weighted by Gasteiger charge is 2.22. The molecule has 21 heavy (non-hydrogen) atoms. The molecule has 4 heteroatoms. The van der Waals surface area contributed by atoms with E-state index in [9.17, 15) is 9.90 Å². The van der Waals surface area contributed by atoms with Gasteiger partial charge in [0.05, 0.1) is 12.0 Å². The van der Waals surface area contributed by atoms with Crippen molar-refractivity contribution in [1.82, 2.24) is 0 Å². The Bertz CT molecular complexity index is 894. The minimum Gasteiger partial charge on any atom is -0.502 e. The second-order valence-electron chi connectivity index (χ2n) is 4.99. The van der Waals surface area contributed by atoms with Crippen LogP contribution in [-0.4, -0.2) is 11.7 Å². The Morgan fingerprint density at radius 1 is 1.05 bits per heavy atom. The van der Waals surface area contributed by atoms with E-state index in [4.69, 9.17) is 9.15 Å². The zero-order valence-corrected chi connectivity index (χ0v) is 11.1. The maximum absolute atomic E-state index is 12.4. The number of rotatable bonds is 1. The molecule has 3 aromatic rings. The summed E-state index contributed by atoms with van der Waals surface area (Å²) in [7, 11) is 0. The van der Waals surface area contributed by atoms with Crippen molar-refractivity contribution >= 4 is 11.0 Å². The van der Waals surface area contributed by atoms with Gasteiger partial charge in [-0.3, -0.25) is 4.79 Å². The molecule has 0 aliphatic carbocycles. The standard InChI is InChI=1S/C17H12O4/c18-14-12-6-7-13-11(8-9-20-13)17(12)21-16(15(14)19)10-4-2-1-3-5-10/h1-7,19H,8-9H2. The lowest BCUT2D eigenvalue weighted by Gasteiger charge is -2.08. The second kappa shape index (κ2) is 4.38. The molecule has 0 amide bonds. The maximum atomic E-state index is 12.4. The van der Waals surface area contributed by atoms with Gasteiger partial charge in [-0.1, -0.05) is 30.3 Å². The van der Waals surface area contributed by atoms with E-state index in [-0.39, 0.29) is 11.5 Å². The zero-order valence-electron chi connectivity index (χ0n) is 11.1. The first kappa shape index (κ1) is 12.0. The molecule has 104 valence electrons. The van der Waals surface area contributed by atoms with Gasteiger partial charge in [-0.25, -0.2) is 0 Å². The third kappa shape index (κ3) is 1.72. The summed E-state index contributed by atoms with van der Waals surface area (Å²) in [5, 5.41) is 10.5. The Hall–Kier alpha value is -2.75. The second-order valence-corrected chi connectivity index (χ2v) is 4.99. The number of ether oxygens (including phenoxy) is 1. The SMILES string of the molecule is O=c1c(O)c(-c2ccccc2)oc2c3c(ccc12)OCC3. The fourth-order valence-corrected chi connectivity index (χ4v) is 2.71. The highest BCUT2D eigenvalue weighted by molar-refractivity contribution is 5.86. The summed E-state index contributed by atoms with van der Waals surface area (Å²) in [6, 6.07) is 12.5. The molecule has 0 saturated carbocycles. The fourth-order valence-electron chi connectivity index (χ4n) is 2.71. The van der Waals surface area contributed by atoms with Gasteiger partial charge >= 0.3 is 0 Å². The van der Waals surface area contributed by atoms with Crippen molar-refractivity contribution in [2.75, 3.05) is 6.61 Å². The summed E-state index contributed by atoms with van der Waals surface area (Å²) in [5.74, 6) is 0.594. The summed E-state index contributed by atoms with van der Waals surface area (Å²) >= 11 is 0. The predicted molar refractivity (Wildman–Crippen MR) is 78.8 cm³/mol. The van der Waals surface area contributed by atoms with Crippen LogP contribution in [-0.2, 0) is 6.42 Å². The van der Waals surface area contributed by atoms with E-state index in [1.807, 2.05) is 18.2 Å². The van der Waals surface area contributed by atoms with Crippen LogP contribution >= 0.6 is 0 Å². The van der Waals surface area contributed by atoms with Gasteiger partial charge in [0.15, 0.2) is 5.76 Å². The van der Waals surface area contributed by atoms with E-state index in [1.54, 1.807) is 24.3 Å². The van der Waals surface area contributed by atoms with Crippen molar-refractivity contribution in [2.45, 2.75) is 6.42 Å². The number of benzene rings is 2. The summed E-state index contributed by atoms with van der Waals surface area (Å²) in [5.41, 5.74) is 1.66. The summed E-state index contributed by atoms with van der Waals surface area (Å²) < 4.78 is 11.4. The maximum Gasteiger partial charge on any atom is 0.235 e. The Labute approximate surface area is 120 Å². The van der Waals surface area contributed by atoms with Crippen molar-refractivity contribution in [3.8, 4) is 22.8 Å². The molecule has 0 fully saturated rings. The van der Waals surface area contributed by atoms with Crippen LogP contribution in [0.3, 0.4) is 0 Å². The monoisotopic (exact) mass is 280 g/mol. The van der Waals surface area contributed by atoms with Crippen molar-refractivity contribution in [1.29, 1.82) is 0 Å². The number of fused-ring (bicyclic) bond motifs is 3. The van der Waals surface area contributed by atoms with Crippen molar-refractivity contribution in [3.63, 3.8) is 0 Å². The molecule has 2 aromatic carbocycles. The Kier molecular flexibility index (Phi) is 2.51. The normalized spacial score (nSPS) is 13.1. The van der Waals surface area contributed by atoms with Crippen molar-refractivity contribution < 1.29 is 14.3 Å². The van der Waals surface area contributed by atoms with E-state index in [0.29, 0.717) is 29.6 Å². The van der Waals surface area contributed by atoms with Crippen molar-refractivity contribution in [2.24, 2.45) is 0 Å². The molecule has 4 rings (SSSR count). The van der Waals surface area contributed by atoms with Gasteiger partial charge in [0.1, 0.15) is 11.3 Å². The number of hydrogen-bond donors (Lipinski definition) is 1. The molecule has 4 nitrogen and oxygen atoms in total. The highest BCUT2D eigenvalue weighted by Crippen LogP contribution is 2.36. The first-order valence-corrected chi connectivity index (χ1v) is 6.75. The van der Waals surface area contributed by atoms with Crippen LogP contribution in [0.1, 0.15) is 5.56 Å². The largest absolute Gasteiger partial charge is 0.502 e. The van der Waals surface area contributed by atoms with Crippen molar-refractivity contribution in [3.05, 3.63) is 58.3 Å². The molecule has 1 N–H and O–H groups in total. The minimum absolute atomic E-state index is 0.202. The molecule has 0 spiro atoms. The smallest absolute Gasteiger partial charge is 0.235 e. The third-order valence-corrected chi connectivity index (χ3v) is 3.74. The lowest BCUT2D eigenvalue weighted by atomic mass is 10.1. The van der Waals surface area contributed by atoms with Gasteiger partial charge in [0.2, 0.25) is 11.2 Å². The zero-order chi connectivity index (χ0) is 14.4. The third-order valence-electron chi connectivity index (χ3n) is 3.74. The molecule has 0 radical (unpaired) electrons. The lowest BCUT2D eigenvalue weighted by Crippen LogP contribution is -2.03. The van der Waals surface area contributed by atoms with Gasteiger partial charge < -0.3 is 14.3 Å². The average molecular weight is 280 g/mol. The quantitative estimate of drug-likeness (QED) is 0.744. The molecule has 1 aliphatic rings. The summed E-state index contributed by atoms with van der Waals surface area (Å²) in [6.45, 7) is 0.583. The van der Waals surface area contributed by atoms with Gasteiger partial charge in [-0.05, 0) is 12.1 Å². The van der Waals surface area contributed by atoms with Gasteiger partial charge in [-0.2, -0.15) is 0 Å². The summed E-state index contributed by atoms with van der Waals surface area (Å²) in [4.78, 5) is 12.4. The first-order valence-electron chi connectivity index (χ1n) is 6.75. The predicted octanol–water partition coefficient (Wildman–Crippen LogP) is 3.10. The molecule has 2 heterocycles. The Balaban J connectivity index is 2.10. The van der Waals surface area contributed by atoms with Crippen LogP contribution in [0.2, 0.25) is 0 Å². The molecular formula is C17H12O4. The van der Waals surface area contributed by atoms with E-state index < -0.39 is 5.43 Å². The van der Waals surface area contributed by atoms with Gasteiger partial charge in [0, 0.05) is 17.5 Å². The lowest BCUT2D eigenvalue weighted by molar-refractivity contribution is 0.357. The molecule has 0 unspecified atom stereocenters. The van der Waals surface area contributed by atoms with Gasteiger partial charge in [0.25, 0.3) is 0 Å². The molecule has 1 aromatic heterocycles. The summed E-state index contributed by atoms with van der Waals surface area (Å²) in [6.07, 6.45) is 0.703. The van der Waals surface area contributed by atoms with E-state index in [2.05, 4.69) is 0 Å². The molecule has 0 saturated heterocycles. The molecule has 0 atom stereocenters. The van der Waals surface area contributed by atoms with E-state index in [0.717, 1.165) is 11.3 Å². The van der Waals surface area contributed by atoms with Gasteiger partial charge in [-0.15, -0.1) is 0 Å².